The summed E-state index contributed by atoms with van der Waals surface area (Å²) in [4.78, 5) is 46.9. The molecule has 0 aliphatic heterocycles. The number of aliphatic hydroxyl groups is 1. The van der Waals surface area contributed by atoms with Crippen LogP contribution in [0.2, 0.25) is 0 Å². The van der Waals surface area contributed by atoms with Gasteiger partial charge in [0.2, 0.25) is 11.8 Å². The van der Waals surface area contributed by atoms with Crippen LogP contribution in [0.5, 0.6) is 0 Å². The second kappa shape index (κ2) is 28.9. The minimum absolute atomic E-state index is 0.0738. The van der Waals surface area contributed by atoms with E-state index in [4.69, 9.17) is 14.9 Å². The summed E-state index contributed by atoms with van der Waals surface area (Å²) in [7, 11) is 0. The Kier molecular flexibility index (Phi) is 27.4. The van der Waals surface area contributed by atoms with Gasteiger partial charge in [0, 0.05) is 12.8 Å². The van der Waals surface area contributed by atoms with E-state index < -0.39 is 24.5 Å². The van der Waals surface area contributed by atoms with Crippen molar-refractivity contribution >= 4 is 23.8 Å². The Labute approximate surface area is 255 Å². The summed E-state index contributed by atoms with van der Waals surface area (Å²) in [5.74, 6) is -2.39. The van der Waals surface area contributed by atoms with E-state index in [0.29, 0.717) is 12.8 Å². The molecule has 0 aliphatic carbocycles. The number of carbonyl (C=O) groups excluding carboxylic acids is 3. The first-order valence-electron chi connectivity index (χ1n) is 16.9. The fraction of sp³-hybridized carbons (Fsp3) is 0.879. The Bertz CT molecular complexity index is 702. The number of nitrogens with one attached hydrogen (secondary N) is 2. The third-order valence-electron chi connectivity index (χ3n) is 7.60. The maximum Gasteiger partial charge on any atom is 0.328 e. The number of carboxylic acids is 1. The van der Waals surface area contributed by atoms with E-state index in [1.807, 2.05) is 0 Å². The first-order valence-corrected chi connectivity index (χ1v) is 16.9. The molecule has 42 heavy (non-hydrogen) atoms. The molecule has 2 amide bonds. The molecule has 0 aliphatic rings. The van der Waals surface area contributed by atoms with E-state index in [1.165, 1.54) is 77.0 Å². The van der Waals surface area contributed by atoms with Crippen molar-refractivity contribution < 1.29 is 34.1 Å². The smallest absolute Gasteiger partial charge is 0.328 e. The zero-order chi connectivity index (χ0) is 31.3. The number of rotatable bonds is 30. The number of carboxylic acid groups (broad SMARTS) is 1. The summed E-state index contributed by atoms with van der Waals surface area (Å²) < 4.78 is 5.79. The number of hydrogen-bond donors (Lipinski definition) is 4. The van der Waals surface area contributed by atoms with Crippen molar-refractivity contribution in [3.05, 3.63) is 0 Å². The highest BCUT2D eigenvalue weighted by Gasteiger charge is 2.19. The van der Waals surface area contributed by atoms with Gasteiger partial charge in [-0.25, -0.2) is 4.79 Å². The van der Waals surface area contributed by atoms with Crippen molar-refractivity contribution in [1.82, 2.24) is 10.6 Å². The number of carbonyl (C=O) groups is 4. The lowest BCUT2D eigenvalue weighted by Gasteiger charge is -2.18. The predicted octanol–water partition coefficient (Wildman–Crippen LogP) is 6.59. The fourth-order valence-corrected chi connectivity index (χ4v) is 4.94. The summed E-state index contributed by atoms with van der Waals surface area (Å²) in [5.41, 5.74) is 0. The van der Waals surface area contributed by atoms with Gasteiger partial charge in [-0.15, -0.1) is 0 Å². The van der Waals surface area contributed by atoms with E-state index >= 15 is 0 Å². The minimum atomic E-state index is -1.39. The standard InChI is InChI=1S/C33H62N2O7/c1-3-5-7-8-9-10-11-12-13-14-15-16-17-21-25-32(39)42-28(22-6-4-2)23-19-18-20-24-30(37)34-26-31(38)35-29(27-36)33(40)41/h28-29,36H,3-27H2,1-2H3,(H,34,37)(H,35,38)(H,40,41). The fourth-order valence-electron chi connectivity index (χ4n) is 4.94. The number of esters is 1. The topological polar surface area (TPSA) is 142 Å². The van der Waals surface area contributed by atoms with Crippen molar-refractivity contribution in [2.75, 3.05) is 13.2 Å². The van der Waals surface area contributed by atoms with Gasteiger partial charge in [0.15, 0.2) is 0 Å². The van der Waals surface area contributed by atoms with Crippen molar-refractivity contribution in [3.8, 4) is 0 Å². The highest BCUT2D eigenvalue weighted by Crippen LogP contribution is 2.17. The maximum absolute atomic E-state index is 12.4. The Morgan fingerprint density at radius 3 is 1.62 bits per heavy atom. The first kappa shape index (κ1) is 39.8. The van der Waals surface area contributed by atoms with E-state index in [-0.39, 0.29) is 30.9 Å². The molecule has 0 saturated carbocycles. The number of hydrogen-bond acceptors (Lipinski definition) is 6. The van der Waals surface area contributed by atoms with Crippen molar-refractivity contribution in [1.29, 1.82) is 0 Å². The molecule has 0 fully saturated rings. The monoisotopic (exact) mass is 598 g/mol. The van der Waals surface area contributed by atoms with Crippen LogP contribution in [0.1, 0.15) is 162 Å². The zero-order valence-corrected chi connectivity index (χ0v) is 26.8. The molecule has 2 atom stereocenters. The number of unbranched alkanes of at least 4 members (excludes halogenated alkanes) is 16. The molecule has 0 radical (unpaired) electrons. The lowest BCUT2D eigenvalue weighted by Crippen LogP contribution is -2.47. The average Bonchev–Trinajstić information content (AvgIpc) is 2.97. The van der Waals surface area contributed by atoms with E-state index in [1.54, 1.807) is 0 Å². The van der Waals surface area contributed by atoms with Crippen LogP contribution in [0.15, 0.2) is 0 Å². The van der Waals surface area contributed by atoms with Crippen LogP contribution >= 0.6 is 0 Å². The molecular weight excluding hydrogens is 536 g/mol. The van der Waals surface area contributed by atoms with Gasteiger partial charge in [0.25, 0.3) is 0 Å². The lowest BCUT2D eigenvalue weighted by molar-refractivity contribution is -0.150. The van der Waals surface area contributed by atoms with Gasteiger partial charge in [-0.2, -0.15) is 0 Å². The predicted molar refractivity (Wildman–Crippen MR) is 167 cm³/mol. The molecule has 2 unspecified atom stereocenters. The van der Waals surface area contributed by atoms with Gasteiger partial charge in [-0.1, -0.05) is 117 Å². The third kappa shape index (κ3) is 25.5. The molecule has 246 valence electrons. The number of amides is 2. The van der Waals surface area contributed by atoms with Crippen molar-refractivity contribution in [2.24, 2.45) is 0 Å². The van der Waals surface area contributed by atoms with Crippen molar-refractivity contribution in [2.45, 2.75) is 174 Å². The molecule has 0 aromatic heterocycles. The molecule has 0 saturated heterocycles. The molecule has 0 aromatic rings. The van der Waals surface area contributed by atoms with E-state index in [2.05, 4.69) is 24.5 Å². The highest BCUT2D eigenvalue weighted by molar-refractivity contribution is 5.87. The number of aliphatic carboxylic acids is 1. The number of aliphatic hydroxyl groups excluding tert-OH is 1. The summed E-state index contributed by atoms with van der Waals surface area (Å²) >= 11 is 0. The second-order valence-electron chi connectivity index (χ2n) is 11.6. The Morgan fingerprint density at radius 1 is 0.619 bits per heavy atom. The molecule has 4 N–H and O–H groups in total. The van der Waals surface area contributed by atoms with Gasteiger partial charge < -0.3 is 25.6 Å². The molecule has 0 heterocycles. The molecular formula is C33H62N2O7. The van der Waals surface area contributed by atoms with Crippen LogP contribution in [0, 0.1) is 0 Å². The minimum Gasteiger partial charge on any atom is -0.480 e. The van der Waals surface area contributed by atoms with Crippen LogP contribution in [0.25, 0.3) is 0 Å². The van der Waals surface area contributed by atoms with Gasteiger partial charge in [-0.3, -0.25) is 14.4 Å². The maximum atomic E-state index is 12.4. The van der Waals surface area contributed by atoms with Crippen LogP contribution in [-0.2, 0) is 23.9 Å². The quantitative estimate of drug-likeness (QED) is 0.0540. The van der Waals surface area contributed by atoms with Crippen LogP contribution in [0.4, 0.5) is 0 Å². The van der Waals surface area contributed by atoms with Crippen LogP contribution in [0.3, 0.4) is 0 Å². The molecule has 0 aromatic carbocycles. The summed E-state index contributed by atoms with van der Waals surface area (Å²) in [6.45, 7) is 3.33. The Morgan fingerprint density at radius 2 is 1.10 bits per heavy atom. The third-order valence-corrected chi connectivity index (χ3v) is 7.60. The second-order valence-corrected chi connectivity index (χ2v) is 11.6. The highest BCUT2D eigenvalue weighted by atomic mass is 16.5. The molecule has 0 bridgehead atoms. The lowest BCUT2D eigenvalue weighted by atomic mass is 10.0. The molecule has 9 heteroatoms. The summed E-state index contributed by atoms with van der Waals surface area (Å²) in [6, 6.07) is -1.39. The number of ether oxygens (including phenoxy) is 1. The van der Waals surface area contributed by atoms with Gasteiger partial charge >= 0.3 is 11.9 Å². The SMILES string of the molecule is CCCCCCCCCCCCCCCCC(=O)OC(CCCC)CCCCCC(=O)NCC(=O)NC(CO)C(=O)O. The largest absolute Gasteiger partial charge is 0.480 e. The van der Waals surface area contributed by atoms with Crippen LogP contribution < -0.4 is 10.6 Å². The zero-order valence-electron chi connectivity index (χ0n) is 26.8. The van der Waals surface area contributed by atoms with Gasteiger partial charge in [0.1, 0.15) is 12.1 Å². The van der Waals surface area contributed by atoms with Gasteiger partial charge in [-0.05, 0) is 32.1 Å². The average molecular weight is 599 g/mol. The summed E-state index contributed by atoms with van der Waals surface area (Å²) in [5, 5.41) is 22.4. The first-order chi connectivity index (χ1) is 20.3. The molecule has 0 rings (SSSR count). The van der Waals surface area contributed by atoms with E-state index in [0.717, 1.165) is 51.4 Å². The van der Waals surface area contributed by atoms with Crippen LogP contribution in [-0.4, -0.2) is 59.3 Å². The normalized spacial score (nSPS) is 12.5. The van der Waals surface area contributed by atoms with Crippen molar-refractivity contribution in [3.63, 3.8) is 0 Å². The van der Waals surface area contributed by atoms with Gasteiger partial charge in [0.05, 0.1) is 13.2 Å². The molecule has 0 spiro atoms. The Hall–Kier alpha value is -2.16. The van der Waals surface area contributed by atoms with E-state index in [9.17, 15) is 19.2 Å². The molecule has 9 nitrogen and oxygen atoms in total. The Balaban J connectivity index is 3.89. The summed E-state index contributed by atoms with van der Waals surface area (Å²) in [6.07, 6.45) is 24.7.